The van der Waals surface area contributed by atoms with Crippen LogP contribution in [0.2, 0.25) is 0 Å². The monoisotopic (exact) mass is 510 g/mol. The number of methoxy groups -OCH3 is 1. The molecule has 1 fully saturated rings. The summed E-state index contributed by atoms with van der Waals surface area (Å²) in [6.45, 7) is 4.99. The summed E-state index contributed by atoms with van der Waals surface area (Å²) in [7, 11) is 1.68. The summed E-state index contributed by atoms with van der Waals surface area (Å²) in [5, 5.41) is 5.73. The minimum Gasteiger partial charge on any atom is -0.497 e. The average Bonchev–Trinajstić information content (AvgIpc) is 3.40. The van der Waals surface area contributed by atoms with Crippen molar-refractivity contribution in [1.82, 2.24) is 14.7 Å². The molecule has 0 spiro atoms. The van der Waals surface area contributed by atoms with Gasteiger partial charge in [0, 0.05) is 47.8 Å². The minimum atomic E-state index is 0.0956. The minimum absolute atomic E-state index is 0.0956. The molecule has 0 N–H and O–H groups in total. The van der Waals surface area contributed by atoms with Gasteiger partial charge >= 0.3 is 0 Å². The molecular formula is C24H23BrN4O2S. The number of rotatable bonds is 4. The van der Waals surface area contributed by atoms with Crippen LogP contribution in [0.3, 0.4) is 0 Å². The van der Waals surface area contributed by atoms with Crippen molar-refractivity contribution in [2.75, 3.05) is 38.2 Å². The Hall–Kier alpha value is -2.84. The van der Waals surface area contributed by atoms with Gasteiger partial charge in [0.2, 0.25) is 0 Å². The Morgan fingerprint density at radius 1 is 1.03 bits per heavy atom. The molecule has 6 nitrogen and oxygen atoms in total. The number of ether oxygens (including phenoxy) is 1. The first kappa shape index (κ1) is 21.0. The number of anilines is 1. The summed E-state index contributed by atoms with van der Waals surface area (Å²) < 4.78 is 8.30. The molecule has 2 aromatic heterocycles. The molecule has 0 bridgehead atoms. The van der Waals surface area contributed by atoms with E-state index in [1.165, 1.54) is 11.3 Å². The molecule has 0 atom stereocenters. The number of halogens is 1. The van der Waals surface area contributed by atoms with E-state index in [4.69, 9.17) is 9.84 Å². The number of hydrogen-bond donors (Lipinski definition) is 0. The van der Waals surface area contributed by atoms with Gasteiger partial charge in [-0.1, -0.05) is 22.0 Å². The van der Waals surface area contributed by atoms with Crippen LogP contribution in [0.1, 0.15) is 15.4 Å². The molecule has 1 aliphatic heterocycles. The molecule has 8 heteroatoms. The number of benzene rings is 2. The number of fused-ring (bicyclic) bond motifs is 1. The van der Waals surface area contributed by atoms with E-state index in [9.17, 15) is 4.79 Å². The molecule has 2 aromatic carbocycles. The maximum atomic E-state index is 13.3. The van der Waals surface area contributed by atoms with Crippen LogP contribution in [-0.4, -0.2) is 53.9 Å². The number of aromatic nitrogens is 2. The highest BCUT2D eigenvalue weighted by Gasteiger charge is 2.25. The van der Waals surface area contributed by atoms with Gasteiger partial charge in [0.25, 0.3) is 5.91 Å². The van der Waals surface area contributed by atoms with Crippen molar-refractivity contribution in [3.63, 3.8) is 0 Å². The van der Waals surface area contributed by atoms with E-state index in [-0.39, 0.29) is 5.91 Å². The fourth-order valence-electron chi connectivity index (χ4n) is 4.04. The topological polar surface area (TPSA) is 50.6 Å². The van der Waals surface area contributed by atoms with Crippen LogP contribution >= 0.6 is 27.3 Å². The maximum absolute atomic E-state index is 13.3. The standard InChI is InChI=1S/C24H23BrN4O2S/c1-16-21-15-22(32-24(21)29(26-16)18-8-6-17(25)7-9-18)23(30)28-12-10-27(11-13-28)19-4-3-5-20(14-19)31-2/h3-9,14-15H,10-13H2,1-2H3. The maximum Gasteiger partial charge on any atom is 0.264 e. The van der Waals surface area contributed by atoms with Crippen molar-refractivity contribution >= 4 is 49.1 Å². The molecule has 3 heterocycles. The van der Waals surface area contributed by atoms with Gasteiger partial charge in [0.15, 0.2) is 0 Å². The molecule has 0 aliphatic carbocycles. The third kappa shape index (κ3) is 3.89. The van der Waals surface area contributed by atoms with E-state index >= 15 is 0 Å². The fourth-order valence-corrected chi connectivity index (χ4v) is 5.46. The highest BCUT2D eigenvalue weighted by atomic mass is 79.9. The van der Waals surface area contributed by atoms with Crippen LogP contribution in [0, 0.1) is 6.92 Å². The molecule has 5 rings (SSSR count). The number of nitrogens with zero attached hydrogens (tertiary/aromatic N) is 4. The first-order valence-electron chi connectivity index (χ1n) is 10.5. The lowest BCUT2D eigenvalue weighted by Gasteiger charge is -2.36. The van der Waals surface area contributed by atoms with Crippen LogP contribution < -0.4 is 9.64 Å². The third-order valence-corrected chi connectivity index (χ3v) is 7.44. The SMILES string of the molecule is COc1cccc(N2CCN(C(=O)c3cc4c(C)nn(-c5ccc(Br)cc5)c4s3)CC2)c1. The molecule has 1 saturated heterocycles. The second kappa shape index (κ2) is 8.60. The normalized spacial score (nSPS) is 14.2. The largest absolute Gasteiger partial charge is 0.497 e. The van der Waals surface area contributed by atoms with Gasteiger partial charge in [-0.25, -0.2) is 4.68 Å². The Kier molecular flexibility index (Phi) is 5.65. The van der Waals surface area contributed by atoms with E-state index < -0.39 is 0 Å². The van der Waals surface area contributed by atoms with Crippen molar-refractivity contribution in [3.8, 4) is 11.4 Å². The highest BCUT2D eigenvalue weighted by molar-refractivity contribution is 9.10. The molecule has 0 radical (unpaired) electrons. The van der Waals surface area contributed by atoms with Gasteiger partial charge in [0.1, 0.15) is 10.6 Å². The van der Waals surface area contributed by atoms with Crippen LogP contribution in [0.5, 0.6) is 5.75 Å². The van der Waals surface area contributed by atoms with Crippen molar-refractivity contribution in [2.45, 2.75) is 6.92 Å². The van der Waals surface area contributed by atoms with Crippen LogP contribution in [0.15, 0.2) is 59.1 Å². The van der Waals surface area contributed by atoms with Crippen LogP contribution in [-0.2, 0) is 0 Å². The molecule has 4 aromatic rings. The molecule has 164 valence electrons. The lowest BCUT2D eigenvalue weighted by atomic mass is 10.2. The zero-order valence-corrected chi connectivity index (χ0v) is 20.3. The fraction of sp³-hybridized carbons (Fsp3) is 0.250. The van der Waals surface area contributed by atoms with E-state index in [1.807, 2.05) is 65.0 Å². The van der Waals surface area contributed by atoms with E-state index in [1.54, 1.807) is 7.11 Å². The lowest BCUT2D eigenvalue weighted by molar-refractivity contribution is 0.0751. The number of piperazine rings is 1. The van der Waals surface area contributed by atoms with E-state index in [2.05, 4.69) is 26.9 Å². The Balaban J connectivity index is 1.34. The average molecular weight is 511 g/mol. The number of carbonyl (C=O) groups excluding carboxylic acids is 1. The van der Waals surface area contributed by atoms with Gasteiger partial charge in [-0.15, -0.1) is 11.3 Å². The smallest absolute Gasteiger partial charge is 0.264 e. The number of aryl methyl sites for hydroxylation is 1. The number of carbonyl (C=O) groups is 1. The third-order valence-electron chi connectivity index (χ3n) is 5.81. The first-order valence-corrected chi connectivity index (χ1v) is 12.1. The van der Waals surface area contributed by atoms with Crippen LogP contribution in [0.4, 0.5) is 5.69 Å². The second-order valence-corrected chi connectivity index (χ2v) is 9.73. The predicted octanol–water partition coefficient (Wildman–Crippen LogP) is 5.13. The van der Waals surface area contributed by atoms with Gasteiger partial charge < -0.3 is 14.5 Å². The number of thiophene rings is 1. The molecular weight excluding hydrogens is 488 g/mol. The molecule has 1 aliphatic rings. The summed E-state index contributed by atoms with van der Waals surface area (Å²) >= 11 is 4.99. The van der Waals surface area contributed by atoms with Crippen molar-refractivity contribution < 1.29 is 9.53 Å². The summed E-state index contributed by atoms with van der Waals surface area (Å²) in [6.07, 6.45) is 0. The summed E-state index contributed by atoms with van der Waals surface area (Å²) in [4.78, 5) is 19.3. The van der Waals surface area contributed by atoms with Crippen LogP contribution in [0.25, 0.3) is 15.9 Å². The lowest BCUT2D eigenvalue weighted by Crippen LogP contribution is -2.48. The van der Waals surface area contributed by atoms with Crippen molar-refractivity contribution in [3.05, 3.63) is 69.6 Å². The predicted molar refractivity (Wildman–Crippen MR) is 132 cm³/mol. The van der Waals surface area contributed by atoms with Gasteiger partial charge in [-0.05, 0) is 49.4 Å². The van der Waals surface area contributed by atoms with Gasteiger partial charge in [-0.2, -0.15) is 5.10 Å². The quantitative estimate of drug-likeness (QED) is 0.381. The van der Waals surface area contributed by atoms with Gasteiger partial charge in [0.05, 0.1) is 23.4 Å². The van der Waals surface area contributed by atoms with E-state index in [0.29, 0.717) is 13.1 Å². The Morgan fingerprint density at radius 2 is 1.78 bits per heavy atom. The molecule has 0 unspecified atom stereocenters. The zero-order chi connectivity index (χ0) is 22.2. The summed E-state index contributed by atoms with van der Waals surface area (Å²) in [5.74, 6) is 0.944. The Bertz CT molecular complexity index is 1270. The molecule has 0 saturated carbocycles. The highest BCUT2D eigenvalue weighted by Crippen LogP contribution is 2.32. The summed E-state index contributed by atoms with van der Waals surface area (Å²) in [6, 6.07) is 18.1. The van der Waals surface area contributed by atoms with Gasteiger partial charge in [-0.3, -0.25) is 4.79 Å². The van der Waals surface area contributed by atoms with Crippen molar-refractivity contribution in [2.24, 2.45) is 0 Å². The number of hydrogen-bond acceptors (Lipinski definition) is 5. The van der Waals surface area contributed by atoms with E-state index in [0.717, 1.165) is 55.5 Å². The first-order chi connectivity index (χ1) is 15.5. The second-order valence-electron chi connectivity index (χ2n) is 7.78. The summed E-state index contributed by atoms with van der Waals surface area (Å²) in [5.41, 5.74) is 3.05. The molecule has 1 amide bonds. The Morgan fingerprint density at radius 3 is 2.50 bits per heavy atom. The van der Waals surface area contributed by atoms with Crippen molar-refractivity contribution in [1.29, 1.82) is 0 Å². The zero-order valence-electron chi connectivity index (χ0n) is 17.9. The Labute approximate surface area is 199 Å². The number of amides is 1. The molecule has 32 heavy (non-hydrogen) atoms.